The second-order valence-electron chi connectivity index (χ2n) is 6.03. The summed E-state index contributed by atoms with van der Waals surface area (Å²) < 4.78 is 0. The molecule has 2 aromatic rings. The third-order valence-corrected chi connectivity index (χ3v) is 4.69. The molecular formula is C19H22ClN3O. The Bertz CT molecular complexity index is 684. The van der Waals surface area contributed by atoms with E-state index in [1.807, 2.05) is 55.5 Å². The maximum Gasteiger partial charge on any atom is 0.241 e. The van der Waals surface area contributed by atoms with Gasteiger partial charge in [0.2, 0.25) is 5.91 Å². The molecule has 1 heterocycles. The Morgan fingerprint density at radius 3 is 2.42 bits per heavy atom. The molecule has 2 aromatic carbocycles. The first kappa shape index (κ1) is 16.8. The molecule has 0 unspecified atom stereocenters. The standard InChI is InChI=1S/C19H22ClN3O/c1-15(19(24)21-17-7-3-2-4-8-17)22-10-12-23(13-11-22)18-9-5-6-16(20)14-18/h2-9,14-15H,10-13H2,1H3,(H,21,24)/t15-/m1/s1. The number of hydrogen-bond acceptors (Lipinski definition) is 3. The average molecular weight is 344 g/mol. The van der Waals surface area contributed by atoms with Gasteiger partial charge in [-0.2, -0.15) is 0 Å². The Morgan fingerprint density at radius 1 is 1.04 bits per heavy atom. The van der Waals surface area contributed by atoms with Gasteiger partial charge in [0.25, 0.3) is 0 Å². The summed E-state index contributed by atoms with van der Waals surface area (Å²) in [6.07, 6.45) is 0. The van der Waals surface area contributed by atoms with Gasteiger partial charge in [0.15, 0.2) is 0 Å². The van der Waals surface area contributed by atoms with Gasteiger partial charge in [-0.1, -0.05) is 35.9 Å². The minimum Gasteiger partial charge on any atom is -0.369 e. The molecule has 1 saturated heterocycles. The van der Waals surface area contributed by atoms with Gasteiger partial charge in [-0.15, -0.1) is 0 Å². The summed E-state index contributed by atoms with van der Waals surface area (Å²) in [5, 5.41) is 3.73. The number of para-hydroxylation sites is 1. The van der Waals surface area contributed by atoms with Crippen LogP contribution in [0.25, 0.3) is 0 Å². The monoisotopic (exact) mass is 343 g/mol. The Hall–Kier alpha value is -2.04. The number of nitrogens with zero attached hydrogens (tertiary/aromatic N) is 2. The maximum absolute atomic E-state index is 12.4. The summed E-state index contributed by atoms with van der Waals surface area (Å²) in [5.41, 5.74) is 1.98. The SMILES string of the molecule is C[C@H](C(=O)Nc1ccccc1)N1CCN(c2cccc(Cl)c2)CC1. The number of amides is 1. The number of rotatable bonds is 4. The second kappa shape index (κ2) is 7.69. The van der Waals surface area contributed by atoms with Gasteiger partial charge in [-0.05, 0) is 37.3 Å². The van der Waals surface area contributed by atoms with E-state index in [-0.39, 0.29) is 11.9 Å². The lowest BCUT2D eigenvalue weighted by atomic mass is 10.2. The molecule has 1 fully saturated rings. The summed E-state index contributed by atoms with van der Waals surface area (Å²) in [5.74, 6) is 0.0393. The van der Waals surface area contributed by atoms with Crippen molar-refractivity contribution >= 4 is 28.9 Å². The zero-order valence-corrected chi connectivity index (χ0v) is 14.5. The van der Waals surface area contributed by atoms with Crippen LogP contribution < -0.4 is 10.2 Å². The lowest BCUT2D eigenvalue weighted by Gasteiger charge is -2.38. The highest BCUT2D eigenvalue weighted by atomic mass is 35.5. The van der Waals surface area contributed by atoms with Crippen molar-refractivity contribution in [2.24, 2.45) is 0 Å². The van der Waals surface area contributed by atoms with Crippen LogP contribution >= 0.6 is 11.6 Å². The van der Waals surface area contributed by atoms with Gasteiger partial charge in [0.05, 0.1) is 6.04 Å². The Kier molecular flexibility index (Phi) is 5.38. The number of carbonyl (C=O) groups is 1. The van der Waals surface area contributed by atoms with E-state index in [1.54, 1.807) is 0 Å². The van der Waals surface area contributed by atoms with Crippen LogP contribution in [0.15, 0.2) is 54.6 Å². The van der Waals surface area contributed by atoms with Crippen LogP contribution in [-0.2, 0) is 4.79 Å². The number of hydrogen-bond donors (Lipinski definition) is 1. The summed E-state index contributed by atoms with van der Waals surface area (Å²) in [4.78, 5) is 17.0. The van der Waals surface area contributed by atoms with E-state index < -0.39 is 0 Å². The first-order valence-corrected chi connectivity index (χ1v) is 8.62. The summed E-state index contributed by atoms with van der Waals surface area (Å²) in [7, 11) is 0. The van der Waals surface area contributed by atoms with Gasteiger partial charge in [-0.25, -0.2) is 0 Å². The first-order chi connectivity index (χ1) is 11.6. The largest absolute Gasteiger partial charge is 0.369 e. The summed E-state index contributed by atoms with van der Waals surface area (Å²) in [6, 6.07) is 17.4. The highest BCUT2D eigenvalue weighted by molar-refractivity contribution is 6.30. The van der Waals surface area contributed by atoms with Crippen molar-refractivity contribution in [1.29, 1.82) is 0 Å². The van der Waals surface area contributed by atoms with Crippen LogP contribution in [0.4, 0.5) is 11.4 Å². The van der Waals surface area contributed by atoms with E-state index in [4.69, 9.17) is 11.6 Å². The minimum absolute atomic E-state index is 0.0393. The molecule has 0 bridgehead atoms. The minimum atomic E-state index is -0.147. The number of nitrogens with one attached hydrogen (secondary N) is 1. The van der Waals surface area contributed by atoms with Crippen molar-refractivity contribution in [2.45, 2.75) is 13.0 Å². The third-order valence-electron chi connectivity index (χ3n) is 4.46. The highest BCUT2D eigenvalue weighted by Crippen LogP contribution is 2.21. The van der Waals surface area contributed by atoms with E-state index in [1.165, 1.54) is 0 Å². The third kappa shape index (κ3) is 4.08. The molecule has 1 atom stereocenters. The Balaban J connectivity index is 1.55. The van der Waals surface area contributed by atoms with Gasteiger partial charge in [0, 0.05) is 42.6 Å². The van der Waals surface area contributed by atoms with Crippen molar-refractivity contribution in [1.82, 2.24) is 4.90 Å². The number of benzene rings is 2. The predicted octanol–water partition coefficient (Wildman–Crippen LogP) is 3.49. The van der Waals surface area contributed by atoms with Crippen LogP contribution in [0, 0.1) is 0 Å². The van der Waals surface area contributed by atoms with Crippen molar-refractivity contribution in [3.05, 3.63) is 59.6 Å². The molecule has 1 aliphatic heterocycles. The van der Waals surface area contributed by atoms with Crippen LogP contribution in [0.1, 0.15) is 6.92 Å². The Morgan fingerprint density at radius 2 is 1.75 bits per heavy atom. The molecule has 4 nitrogen and oxygen atoms in total. The molecule has 3 rings (SSSR count). The van der Waals surface area contributed by atoms with Crippen molar-refractivity contribution in [2.75, 3.05) is 36.4 Å². The van der Waals surface area contributed by atoms with E-state index >= 15 is 0 Å². The molecule has 5 heteroatoms. The van der Waals surface area contributed by atoms with E-state index in [0.717, 1.165) is 42.6 Å². The molecule has 1 N–H and O–H groups in total. The van der Waals surface area contributed by atoms with Crippen LogP contribution in [-0.4, -0.2) is 43.0 Å². The maximum atomic E-state index is 12.4. The number of halogens is 1. The van der Waals surface area contributed by atoms with E-state index in [0.29, 0.717) is 0 Å². The smallest absolute Gasteiger partial charge is 0.241 e. The molecule has 0 radical (unpaired) electrons. The molecule has 0 aromatic heterocycles. The molecule has 1 amide bonds. The second-order valence-corrected chi connectivity index (χ2v) is 6.47. The van der Waals surface area contributed by atoms with Crippen molar-refractivity contribution < 1.29 is 4.79 Å². The fourth-order valence-electron chi connectivity index (χ4n) is 2.97. The van der Waals surface area contributed by atoms with Crippen LogP contribution in [0.3, 0.4) is 0 Å². The summed E-state index contributed by atoms with van der Waals surface area (Å²) in [6.45, 7) is 5.46. The number of piperazine rings is 1. The summed E-state index contributed by atoms with van der Waals surface area (Å²) >= 11 is 6.07. The zero-order valence-electron chi connectivity index (χ0n) is 13.8. The molecule has 24 heavy (non-hydrogen) atoms. The first-order valence-electron chi connectivity index (χ1n) is 8.24. The molecule has 0 aliphatic carbocycles. The van der Waals surface area contributed by atoms with Crippen molar-refractivity contribution in [3.63, 3.8) is 0 Å². The van der Waals surface area contributed by atoms with E-state index in [9.17, 15) is 4.79 Å². The van der Waals surface area contributed by atoms with Gasteiger partial charge in [0.1, 0.15) is 0 Å². The average Bonchev–Trinajstić information content (AvgIpc) is 2.62. The normalized spacial score (nSPS) is 16.7. The molecule has 1 aliphatic rings. The van der Waals surface area contributed by atoms with E-state index in [2.05, 4.69) is 21.2 Å². The molecule has 0 spiro atoms. The fourth-order valence-corrected chi connectivity index (χ4v) is 3.16. The van der Waals surface area contributed by atoms with Gasteiger partial charge in [-0.3, -0.25) is 9.69 Å². The van der Waals surface area contributed by atoms with Crippen molar-refractivity contribution in [3.8, 4) is 0 Å². The Labute approximate surface area is 148 Å². The zero-order chi connectivity index (χ0) is 16.9. The molecule has 0 saturated carbocycles. The van der Waals surface area contributed by atoms with Gasteiger partial charge >= 0.3 is 0 Å². The quantitative estimate of drug-likeness (QED) is 0.923. The number of anilines is 2. The molecular weight excluding hydrogens is 322 g/mol. The topological polar surface area (TPSA) is 35.6 Å². The fraction of sp³-hybridized carbons (Fsp3) is 0.316. The lowest BCUT2D eigenvalue weighted by Crippen LogP contribution is -2.52. The highest BCUT2D eigenvalue weighted by Gasteiger charge is 2.25. The predicted molar refractivity (Wildman–Crippen MR) is 99.8 cm³/mol. The van der Waals surface area contributed by atoms with Gasteiger partial charge < -0.3 is 10.2 Å². The van der Waals surface area contributed by atoms with Crippen LogP contribution in [0.2, 0.25) is 5.02 Å². The van der Waals surface area contributed by atoms with Crippen LogP contribution in [0.5, 0.6) is 0 Å². The lowest BCUT2D eigenvalue weighted by molar-refractivity contribution is -0.120. The molecule has 126 valence electrons. The number of carbonyl (C=O) groups excluding carboxylic acids is 1.